The molecule has 8 heteroatoms. The Morgan fingerprint density at radius 2 is 1.85 bits per heavy atom. The van der Waals surface area contributed by atoms with Gasteiger partial charge in [-0.1, -0.05) is 18.2 Å². The summed E-state index contributed by atoms with van der Waals surface area (Å²) >= 11 is 0. The van der Waals surface area contributed by atoms with Crippen molar-refractivity contribution in [1.29, 1.82) is 0 Å². The predicted octanol–water partition coefficient (Wildman–Crippen LogP) is 4.02. The Labute approximate surface area is 197 Å². The molecule has 4 rings (SSSR count). The minimum absolute atomic E-state index is 0.147. The zero-order valence-corrected chi connectivity index (χ0v) is 19.5. The van der Waals surface area contributed by atoms with Gasteiger partial charge in [-0.2, -0.15) is 0 Å². The SMILES string of the molecule is CCOC(=O)C1=C(C)N=C2C/C(=C/c3ccc(O)cc3)C(=O)N2C1c1ccc(OC)c(OC)c1. The molecule has 1 saturated heterocycles. The lowest BCUT2D eigenvalue weighted by atomic mass is 9.93. The van der Waals surface area contributed by atoms with Crippen molar-refractivity contribution >= 4 is 23.8 Å². The van der Waals surface area contributed by atoms with Crippen LogP contribution in [0.1, 0.15) is 37.4 Å². The molecule has 0 spiro atoms. The second-order valence-corrected chi connectivity index (χ2v) is 7.88. The number of ether oxygens (including phenoxy) is 3. The summed E-state index contributed by atoms with van der Waals surface area (Å²) in [6, 6.07) is 11.2. The number of benzene rings is 2. The van der Waals surface area contributed by atoms with E-state index in [-0.39, 0.29) is 18.3 Å². The molecule has 2 aliphatic heterocycles. The summed E-state index contributed by atoms with van der Waals surface area (Å²) in [5, 5.41) is 9.55. The van der Waals surface area contributed by atoms with Gasteiger partial charge in [0.2, 0.25) is 0 Å². The summed E-state index contributed by atoms with van der Waals surface area (Å²) in [4.78, 5) is 32.7. The maximum Gasteiger partial charge on any atom is 0.338 e. The minimum atomic E-state index is -0.732. The highest BCUT2D eigenvalue weighted by Crippen LogP contribution is 2.43. The number of allylic oxidation sites excluding steroid dienone is 1. The van der Waals surface area contributed by atoms with Gasteiger partial charge >= 0.3 is 5.97 Å². The van der Waals surface area contributed by atoms with Crippen LogP contribution >= 0.6 is 0 Å². The van der Waals surface area contributed by atoms with E-state index in [1.807, 2.05) is 0 Å². The van der Waals surface area contributed by atoms with E-state index in [0.717, 1.165) is 5.56 Å². The number of phenols is 1. The number of carbonyl (C=O) groups excluding carboxylic acids is 2. The van der Waals surface area contributed by atoms with Crippen molar-refractivity contribution in [3.8, 4) is 17.2 Å². The normalized spacial score (nSPS) is 18.6. The molecule has 2 aliphatic rings. The molecule has 2 aromatic carbocycles. The van der Waals surface area contributed by atoms with Crippen LogP contribution in [0, 0.1) is 0 Å². The van der Waals surface area contributed by atoms with Crippen molar-refractivity contribution in [2.45, 2.75) is 26.3 Å². The molecular weight excluding hydrogens is 436 g/mol. The number of phenolic OH excluding ortho intramolecular Hbond substituents is 1. The Morgan fingerprint density at radius 1 is 1.15 bits per heavy atom. The molecule has 1 N–H and O–H groups in total. The van der Waals surface area contributed by atoms with E-state index in [2.05, 4.69) is 4.99 Å². The molecule has 0 radical (unpaired) electrons. The van der Waals surface area contributed by atoms with Gasteiger partial charge in [0, 0.05) is 12.0 Å². The summed E-state index contributed by atoms with van der Waals surface area (Å²) < 4.78 is 16.1. The Morgan fingerprint density at radius 3 is 2.50 bits per heavy atom. The Kier molecular flexibility index (Phi) is 6.40. The molecule has 0 saturated carbocycles. The van der Waals surface area contributed by atoms with Crippen LogP contribution in [0.5, 0.6) is 17.2 Å². The monoisotopic (exact) mass is 462 g/mol. The number of fused-ring (bicyclic) bond motifs is 1. The first kappa shape index (κ1) is 23.1. The van der Waals surface area contributed by atoms with E-state index >= 15 is 0 Å². The second-order valence-electron chi connectivity index (χ2n) is 7.88. The number of amides is 1. The van der Waals surface area contributed by atoms with Crippen LogP contribution in [0.15, 0.2) is 64.3 Å². The van der Waals surface area contributed by atoms with Crippen LogP contribution in [0.25, 0.3) is 6.08 Å². The highest BCUT2D eigenvalue weighted by Gasteiger charge is 2.45. The first-order valence-corrected chi connectivity index (χ1v) is 10.9. The maximum absolute atomic E-state index is 13.6. The lowest BCUT2D eigenvalue weighted by Crippen LogP contribution is -2.39. The van der Waals surface area contributed by atoms with E-state index < -0.39 is 12.0 Å². The van der Waals surface area contributed by atoms with Gasteiger partial charge in [0.25, 0.3) is 5.91 Å². The smallest absolute Gasteiger partial charge is 0.338 e. The fraction of sp³-hybridized carbons (Fsp3) is 0.269. The third-order valence-electron chi connectivity index (χ3n) is 5.79. The van der Waals surface area contributed by atoms with Crippen molar-refractivity contribution in [3.05, 3.63) is 70.4 Å². The largest absolute Gasteiger partial charge is 0.508 e. The average Bonchev–Trinajstić information content (AvgIpc) is 3.13. The fourth-order valence-corrected chi connectivity index (χ4v) is 4.23. The van der Waals surface area contributed by atoms with E-state index in [9.17, 15) is 14.7 Å². The number of hydrogen-bond donors (Lipinski definition) is 1. The molecule has 0 aromatic heterocycles. The minimum Gasteiger partial charge on any atom is -0.508 e. The maximum atomic E-state index is 13.6. The number of rotatable bonds is 6. The van der Waals surface area contributed by atoms with Crippen molar-refractivity contribution in [3.63, 3.8) is 0 Å². The number of aliphatic imine (C=N–C) groups is 1. The molecule has 2 aromatic rings. The van der Waals surface area contributed by atoms with Gasteiger partial charge in [-0.25, -0.2) is 9.79 Å². The van der Waals surface area contributed by atoms with E-state index in [1.165, 1.54) is 7.11 Å². The fourth-order valence-electron chi connectivity index (χ4n) is 4.23. The van der Waals surface area contributed by atoms with Gasteiger partial charge in [-0.15, -0.1) is 0 Å². The first-order valence-electron chi connectivity index (χ1n) is 10.9. The van der Waals surface area contributed by atoms with Gasteiger partial charge in [0.15, 0.2) is 11.5 Å². The molecule has 1 fully saturated rings. The van der Waals surface area contributed by atoms with Crippen LogP contribution in [0.4, 0.5) is 0 Å². The van der Waals surface area contributed by atoms with Gasteiger partial charge in [-0.05, 0) is 55.3 Å². The number of hydrogen-bond acceptors (Lipinski definition) is 7. The summed E-state index contributed by atoms with van der Waals surface area (Å²) in [6.45, 7) is 3.68. The molecule has 176 valence electrons. The number of carbonyl (C=O) groups is 2. The number of amidine groups is 1. The Balaban J connectivity index is 1.82. The number of nitrogens with zero attached hydrogens (tertiary/aromatic N) is 2. The van der Waals surface area contributed by atoms with Crippen LogP contribution in [-0.2, 0) is 14.3 Å². The summed E-state index contributed by atoms with van der Waals surface area (Å²) in [7, 11) is 3.07. The Hall–Kier alpha value is -4.07. The lowest BCUT2D eigenvalue weighted by Gasteiger charge is -2.33. The third-order valence-corrected chi connectivity index (χ3v) is 5.79. The number of aromatic hydroxyl groups is 1. The standard InChI is InChI=1S/C26H26N2O6/c1-5-34-26(31)23-15(2)27-22-14-18(12-16-6-9-19(29)10-7-16)25(30)28(22)24(23)17-8-11-20(32-3)21(13-17)33-4/h6-13,24,29H,5,14H2,1-4H3/b18-12-. The molecular formula is C26H26N2O6. The Bertz CT molecular complexity index is 1230. The van der Waals surface area contributed by atoms with Crippen LogP contribution in [-0.4, -0.2) is 48.5 Å². The van der Waals surface area contributed by atoms with Crippen LogP contribution in [0.3, 0.4) is 0 Å². The van der Waals surface area contributed by atoms with Gasteiger partial charge in [-0.3, -0.25) is 9.69 Å². The number of esters is 1. The van der Waals surface area contributed by atoms with Crippen molar-refractivity contribution in [2.75, 3.05) is 20.8 Å². The molecule has 1 amide bonds. The average molecular weight is 463 g/mol. The molecule has 8 nitrogen and oxygen atoms in total. The quantitative estimate of drug-likeness (QED) is 0.515. The van der Waals surface area contributed by atoms with Crippen molar-refractivity contribution in [1.82, 2.24) is 4.90 Å². The van der Waals surface area contributed by atoms with Gasteiger partial charge < -0.3 is 19.3 Å². The van der Waals surface area contributed by atoms with E-state index in [0.29, 0.717) is 46.2 Å². The molecule has 2 heterocycles. The van der Waals surface area contributed by atoms with E-state index in [4.69, 9.17) is 14.2 Å². The van der Waals surface area contributed by atoms with Gasteiger partial charge in [0.1, 0.15) is 11.6 Å². The van der Waals surface area contributed by atoms with E-state index in [1.54, 1.807) is 74.4 Å². The summed E-state index contributed by atoms with van der Waals surface area (Å²) in [6.07, 6.45) is 2.09. The number of methoxy groups -OCH3 is 2. The predicted molar refractivity (Wildman–Crippen MR) is 127 cm³/mol. The van der Waals surface area contributed by atoms with Crippen molar-refractivity contribution in [2.24, 2.45) is 4.99 Å². The molecule has 0 bridgehead atoms. The zero-order valence-electron chi connectivity index (χ0n) is 19.5. The molecule has 1 atom stereocenters. The van der Waals surface area contributed by atoms with Crippen LogP contribution in [0.2, 0.25) is 0 Å². The summed E-state index contributed by atoms with van der Waals surface area (Å²) in [5.41, 5.74) is 2.79. The third kappa shape index (κ3) is 4.14. The van der Waals surface area contributed by atoms with Gasteiger partial charge in [0.05, 0.1) is 38.1 Å². The zero-order chi connectivity index (χ0) is 24.4. The first-order chi connectivity index (χ1) is 16.4. The second kappa shape index (κ2) is 9.43. The van der Waals surface area contributed by atoms with Crippen LogP contribution < -0.4 is 9.47 Å². The molecule has 0 aliphatic carbocycles. The summed E-state index contributed by atoms with van der Waals surface area (Å²) in [5.74, 6) is 0.952. The topological polar surface area (TPSA) is 97.7 Å². The lowest BCUT2D eigenvalue weighted by molar-refractivity contribution is -0.139. The highest BCUT2D eigenvalue weighted by molar-refractivity contribution is 6.19. The highest BCUT2D eigenvalue weighted by atomic mass is 16.5. The van der Waals surface area contributed by atoms with Crippen molar-refractivity contribution < 1.29 is 28.9 Å². The molecule has 34 heavy (non-hydrogen) atoms. The molecule has 1 unspecified atom stereocenters.